The molecule has 19 heteroatoms. The summed E-state index contributed by atoms with van der Waals surface area (Å²) in [5.74, 6) is -0.836. The van der Waals surface area contributed by atoms with Crippen LogP contribution in [0, 0.1) is 24.0 Å². The fourth-order valence-electron chi connectivity index (χ4n) is 4.41. The molecule has 0 bridgehead atoms. The first-order valence-corrected chi connectivity index (χ1v) is 17.6. The van der Waals surface area contributed by atoms with Gasteiger partial charge >= 0.3 is 11.7 Å². The van der Waals surface area contributed by atoms with Gasteiger partial charge in [0.2, 0.25) is 17.8 Å². The second-order valence-corrected chi connectivity index (χ2v) is 13.4. The molecule has 0 radical (unpaired) electrons. The molecule has 17 nitrogen and oxygen atoms in total. The summed E-state index contributed by atoms with van der Waals surface area (Å²) in [6.07, 6.45) is -0.626. The number of hydrogen-bond acceptors (Lipinski definition) is 14. The normalized spacial score (nSPS) is 12.8. The van der Waals surface area contributed by atoms with Crippen molar-refractivity contribution >= 4 is 62.1 Å². The summed E-state index contributed by atoms with van der Waals surface area (Å²) in [6, 6.07) is 10.1. The van der Waals surface area contributed by atoms with E-state index >= 15 is 0 Å². The third-order valence-electron chi connectivity index (χ3n) is 6.63. The summed E-state index contributed by atoms with van der Waals surface area (Å²) in [7, 11) is -2.69. The van der Waals surface area contributed by atoms with Crippen LogP contribution in [0.25, 0.3) is 0 Å². The van der Waals surface area contributed by atoms with Crippen LogP contribution in [0.2, 0.25) is 0 Å². The van der Waals surface area contributed by atoms with E-state index in [9.17, 15) is 32.9 Å². The lowest BCUT2D eigenvalue weighted by atomic mass is 10.0. The van der Waals surface area contributed by atoms with Crippen molar-refractivity contribution in [3.8, 4) is 5.75 Å². The number of anilines is 2. The molecule has 1 atom stereocenters. The van der Waals surface area contributed by atoms with Gasteiger partial charge in [0.05, 0.1) is 30.1 Å². The Hall–Kier alpha value is -5.30. The van der Waals surface area contributed by atoms with Crippen molar-refractivity contribution < 1.29 is 37.2 Å². The van der Waals surface area contributed by atoms with Crippen LogP contribution in [0.3, 0.4) is 0 Å². The summed E-state index contributed by atoms with van der Waals surface area (Å²) < 4.78 is 37.8. The molecular formula is C31H38N8O9S2. The van der Waals surface area contributed by atoms with E-state index < -0.39 is 38.8 Å². The average molecular weight is 731 g/mol. The highest BCUT2D eigenvalue weighted by molar-refractivity contribution is 8.14. The van der Waals surface area contributed by atoms with Crippen LogP contribution < -0.4 is 25.8 Å². The number of aryl methyl sites for hydroxylation is 2. The highest BCUT2D eigenvalue weighted by Gasteiger charge is 2.25. The number of amides is 2. The van der Waals surface area contributed by atoms with Crippen molar-refractivity contribution in [2.75, 3.05) is 36.1 Å². The van der Waals surface area contributed by atoms with Crippen molar-refractivity contribution in [3.63, 3.8) is 0 Å². The quantitative estimate of drug-likeness (QED) is 0.106. The molecule has 2 heterocycles. The summed E-state index contributed by atoms with van der Waals surface area (Å²) in [5.41, 5.74) is 6.83. The monoisotopic (exact) mass is 730 g/mol. The maximum Gasteiger partial charge on any atom is 0.328 e. The molecule has 1 aliphatic rings. The van der Waals surface area contributed by atoms with Crippen LogP contribution in [0.15, 0.2) is 58.4 Å². The van der Waals surface area contributed by atoms with Crippen LogP contribution in [-0.4, -0.2) is 78.3 Å². The van der Waals surface area contributed by atoms with E-state index in [1.54, 1.807) is 38.6 Å². The van der Waals surface area contributed by atoms with E-state index in [-0.39, 0.29) is 48.2 Å². The average Bonchev–Trinajstić information content (AvgIpc) is 3.54. The van der Waals surface area contributed by atoms with E-state index in [1.807, 2.05) is 0 Å². The van der Waals surface area contributed by atoms with E-state index in [0.717, 1.165) is 17.5 Å². The van der Waals surface area contributed by atoms with Crippen LogP contribution in [-0.2, 0) is 35.6 Å². The van der Waals surface area contributed by atoms with Crippen LogP contribution in [0.1, 0.15) is 36.7 Å². The number of nitrogens with zero attached hydrogens (tertiary/aromatic N) is 4. The molecule has 0 fully saturated rings. The molecule has 50 heavy (non-hydrogen) atoms. The lowest BCUT2D eigenvalue weighted by molar-refractivity contribution is -0.385. The van der Waals surface area contributed by atoms with E-state index in [0.29, 0.717) is 22.6 Å². The lowest BCUT2D eigenvalue weighted by Gasteiger charge is -2.17. The highest BCUT2D eigenvalue weighted by atomic mass is 32.2. The fourth-order valence-corrected chi connectivity index (χ4v) is 5.93. The number of methoxy groups -OCH3 is 1. The second kappa shape index (κ2) is 18.5. The molecule has 3 aromatic rings. The van der Waals surface area contributed by atoms with E-state index in [2.05, 4.69) is 30.3 Å². The predicted octanol–water partition coefficient (Wildman–Crippen LogP) is 2.87. The Kier molecular flexibility index (Phi) is 14.5. The number of nitrogens with one attached hydrogen (secondary N) is 3. The molecule has 1 unspecified atom stereocenters. The Bertz CT molecular complexity index is 1820. The number of nitrogens with two attached hydrogens (primary N) is 1. The predicted molar refractivity (Wildman–Crippen MR) is 187 cm³/mol. The standard InChI is InChI=1S/C28H32N6O9S.C3H6N2S/c1-5-43-27(37)22(15-19-6-11-24(42-4)23(16-19)34(38)39)32-26(36)13-12-25(35)31-20-7-9-21(10-8-20)44(40,41)33-28-29-17(2)14-18(3)30-28;4-3-5-1-2-6-3/h6-11,14,16,22H,5,12-13,15H2,1-4H3,(H,31,35)(H,32,36)(H,29,30,33);1-2H2,(H2,4,5). The van der Waals surface area contributed by atoms with Crippen LogP contribution in [0.4, 0.5) is 17.3 Å². The topological polar surface area (TPSA) is 247 Å². The molecule has 2 amide bonds. The number of nitro benzene ring substituents is 1. The number of sulfonamides is 1. The minimum atomic E-state index is -3.99. The van der Waals surface area contributed by atoms with Gasteiger partial charge < -0.3 is 25.8 Å². The van der Waals surface area contributed by atoms with Crippen molar-refractivity contribution in [3.05, 3.63) is 75.6 Å². The molecule has 4 rings (SSSR count). The van der Waals surface area contributed by atoms with Gasteiger partial charge in [-0.3, -0.25) is 24.7 Å². The summed E-state index contributed by atoms with van der Waals surface area (Å²) in [5, 5.41) is 17.2. The largest absolute Gasteiger partial charge is 0.490 e. The molecule has 1 aliphatic heterocycles. The molecule has 0 spiro atoms. The molecule has 0 aliphatic carbocycles. The third kappa shape index (κ3) is 12.3. The minimum Gasteiger partial charge on any atom is -0.490 e. The number of rotatable bonds is 14. The maximum atomic E-state index is 12.7. The number of benzene rings is 2. The molecule has 2 aromatic carbocycles. The number of thioether (sulfide) groups is 1. The Morgan fingerprint density at radius 3 is 2.24 bits per heavy atom. The zero-order valence-corrected chi connectivity index (χ0v) is 29.4. The third-order valence-corrected chi connectivity index (χ3v) is 8.79. The van der Waals surface area contributed by atoms with Crippen LogP contribution in [0.5, 0.6) is 5.75 Å². The van der Waals surface area contributed by atoms with Gasteiger partial charge in [0.25, 0.3) is 10.0 Å². The Balaban J connectivity index is 0.00000101. The van der Waals surface area contributed by atoms with Gasteiger partial charge in [-0.2, -0.15) is 0 Å². The van der Waals surface area contributed by atoms with E-state index in [4.69, 9.17) is 15.2 Å². The number of carbonyl (C=O) groups excluding carboxylic acids is 3. The highest BCUT2D eigenvalue weighted by Crippen LogP contribution is 2.28. The molecule has 1 aromatic heterocycles. The molecule has 268 valence electrons. The van der Waals surface area contributed by atoms with Gasteiger partial charge in [-0.05, 0) is 62.7 Å². The van der Waals surface area contributed by atoms with Gasteiger partial charge in [-0.1, -0.05) is 17.8 Å². The minimum absolute atomic E-state index is 0.0429. The fraction of sp³-hybridized carbons (Fsp3) is 0.355. The van der Waals surface area contributed by atoms with Crippen molar-refractivity contribution in [2.24, 2.45) is 10.7 Å². The summed E-state index contributed by atoms with van der Waals surface area (Å²) in [6.45, 7) is 5.98. The zero-order valence-electron chi connectivity index (χ0n) is 27.8. The smallest absolute Gasteiger partial charge is 0.328 e. The van der Waals surface area contributed by atoms with Crippen molar-refractivity contribution in [1.82, 2.24) is 15.3 Å². The maximum absolute atomic E-state index is 12.7. The summed E-state index contributed by atoms with van der Waals surface area (Å²) >= 11 is 1.62. The first-order valence-electron chi connectivity index (χ1n) is 15.2. The first-order chi connectivity index (χ1) is 23.7. The number of amidine groups is 1. The van der Waals surface area contributed by atoms with Crippen molar-refractivity contribution in [1.29, 1.82) is 0 Å². The molecule has 0 saturated carbocycles. The van der Waals surface area contributed by atoms with E-state index in [1.165, 1.54) is 49.6 Å². The van der Waals surface area contributed by atoms with Crippen LogP contribution >= 0.6 is 11.8 Å². The number of nitro groups is 1. The first kappa shape index (κ1) is 39.1. The van der Waals surface area contributed by atoms with Gasteiger partial charge in [0, 0.05) is 48.2 Å². The van der Waals surface area contributed by atoms with Gasteiger partial charge in [0.15, 0.2) is 10.9 Å². The number of carbonyl (C=O) groups is 3. The Morgan fingerprint density at radius 2 is 1.70 bits per heavy atom. The van der Waals surface area contributed by atoms with Gasteiger partial charge in [0.1, 0.15) is 6.04 Å². The zero-order chi connectivity index (χ0) is 36.8. The SMILES string of the molecule is CCOC(=O)C(Cc1ccc(OC)c([N+](=O)[O-])c1)NC(=O)CCC(=O)Nc1ccc(S(=O)(=O)Nc2nc(C)cc(C)n2)cc1.NC1=NCCS1. The van der Waals surface area contributed by atoms with Gasteiger partial charge in [-0.15, -0.1) is 0 Å². The van der Waals surface area contributed by atoms with Gasteiger partial charge in [-0.25, -0.2) is 27.9 Å². The second-order valence-electron chi connectivity index (χ2n) is 10.6. The summed E-state index contributed by atoms with van der Waals surface area (Å²) in [4.78, 5) is 60.3. The lowest BCUT2D eigenvalue weighted by Crippen LogP contribution is -2.43. The number of aliphatic imine (C=N–C) groups is 1. The number of hydrogen-bond donors (Lipinski definition) is 4. The van der Waals surface area contributed by atoms with Crippen molar-refractivity contribution in [2.45, 2.75) is 51.0 Å². The Morgan fingerprint density at radius 1 is 1.04 bits per heavy atom. The number of esters is 1. The molecule has 0 saturated heterocycles. The molecular weight excluding hydrogens is 693 g/mol. The Labute approximate surface area is 293 Å². The number of aromatic nitrogens is 2. The molecule has 5 N–H and O–H groups in total. The number of ether oxygens (including phenoxy) is 2.